The smallest absolute Gasteiger partial charge is 0.122 e. The van der Waals surface area contributed by atoms with Gasteiger partial charge in [-0.15, -0.1) is 0 Å². The summed E-state index contributed by atoms with van der Waals surface area (Å²) in [7, 11) is 1.75. The largest absolute Gasteiger partial charge is 0.493 e. The lowest BCUT2D eigenvalue weighted by Crippen LogP contribution is -2.37. The van der Waals surface area contributed by atoms with E-state index in [0.29, 0.717) is 0 Å². The number of hydrogen-bond donors (Lipinski definition) is 1. The third kappa shape index (κ3) is 3.47. The lowest BCUT2D eigenvalue weighted by molar-refractivity contribution is 0.0235. The first-order valence-corrected chi connectivity index (χ1v) is 6.61. The Morgan fingerprint density at radius 1 is 1.39 bits per heavy atom. The maximum absolute atomic E-state index is 5.51. The lowest BCUT2D eigenvalue weighted by atomic mass is 10.1. The molecule has 3 heteroatoms. The fourth-order valence-electron chi connectivity index (χ4n) is 2.09. The molecule has 0 unspecified atom stereocenters. The Labute approximate surface area is 109 Å². The van der Waals surface area contributed by atoms with Gasteiger partial charge in [-0.25, -0.2) is 0 Å². The lowest BCUT2D eigenvalue weighted by Gasteiger charge is -2.23. The highest BCUT2D eigenvalue weighted by atomic mass is 16.5. The highest BCUT2D eigenvalue weighted by Crippen LogP contribution is 2.25. The van der Waals surface area contributed by atoms with E-state index in [1.807, 2.05) is 0 Å². The Bertz CT molecular complexity index is 401. The predicted molar refractivity (Wildman–Crippen MR) is 73.3 cm³/mol. The van der Waals surface area contributed by atoms with E-state index in [4.69, 9.17) is 9.47 Å². The SMILES string of the molecule is COC(C)(C)CNCCc1ccc2c(c1)CCO2. The van der Waals surface area contributed by atoms with Gasteiger partial charge in [-0.1, -0.05) is 12.1 Å². The fourth-order valence-corrected chi connectivity index (χ4v) is 2.09. The predicted octanol–water partition coefficient (Wildman–Crippen LogP) is 2.18. The van der Waals surface area contributed by atoms with Gasteiger partial charge in [0.1, 0.15) is 5.75 Å². The molecule has 0 fully saturated rings. The van der Waals surface area contributed by atoms with E-state index in [2.05, 4.69) is 37.4 Å². The van der Waals surface area contributed by atoms with Crippen LogP contribution >= 0.6 is 0 Å². The third-order valence-corrected chi connectivity index (χ3v) is 3.45. The molecule has 0 saturated carbocycles. The zero-order valence-corrected chi connectivity index (χ0v) is 11.6. The zero-order chi connectivity index (χ0) is 13.0. The Kier molecular flexibility index (Phi) is 4.25. The van der Waals surface area contributed by atoms with Crippen molar-refractivity contribution < 1.29 is 9.47 Å². The van der Waals surface area contributed by atoms with Gasteiger partial charge >= 0.3 is 0 Å². The van der Waals surface area contributed by atoms with E-state index in [9.17, 15) is 0 Å². The monoisotopic (exact) mass is 249 g/mol. The van der Waals surface area contributed by atoms with E-state index in [0.717, 1.165) is 38.3 Å². The molecular weight excluding hydrogens is 226 g/mol. The summed E-state index contributed by atoms with van der Waals surface area (Å²) in [5, 5.41) is 3.44. The van der Waals surface area contributed by atoms with Crippen LogP contribution in [0.2, 0.25) is 0 Å². The average Bonchev–Trinajstić information content (AvgIpc) is 2.82. The van der Waals surface area contributed by atoms with Crippen LogP contribution in [0.4, 0.5) is 0 Å². The molecule has 0 aromatic heterocycles. The molecule has 100 valence electrons. The number of ether oxygens (including phenoxy) is 2. The molecule has 0 bridgehead atoms. The Balaban J connectivity index is 1.77. The topological polar surface area (TPSA) is 30.5 Å². The molecule has 1 N–H and O–H groups in total. The van der Waals surface area contributed by atoms with Crippen molar-refractivity contribution in [3.05, 3.63) is 29.3 Å². The first kappa shape index (κ1) is 13.4. The highest BCUT2D eigenvalue weighted by Gasteiger charge is 2.15. The van der Waals surface area contributed by atoms with Crippen LogP contribution < -0.4 is 10.1 Å². The van der Waals surface area contributed by atoms with Crippen LogP contribution in [0.15, 0.2) is 18.2 Å². The van der Waals surface area contributed by atoms with Crippen molar-refractivity contribution in [2.45, 2.75) is 32.3 Å². The number of methoxy groups -OCH3 is 1. The molecule has 0 saturated heterocycles. The zero-order valence-electron chi connectivity index (χ0n) is 11.6. The maximum atomic E-state index is 5.51. The summed E-state index contributed by atoms with van der Waals surface area (Å²) in [6.07, 6.45) is 2.10. The van der Waals surface area contributed by atoms with Gasteiger partial charge in [0.25, 0.3) is 0 Å². The summed E-state index contributed by atoms with van der Waals surface area (Å²) in [6.45, 7) is 6.86. The number of benzene rings is 1. The van der Waals surface area contributed by atoms with Gasteiger partial charge in [0.05, 0.1) is 12.2 Å². The van der Waals surface area contributed by atoms with Crippen LogP contribution in [0.5, 0.6) is 5.75 Å². The molecule has 3 nitrogen and oxygen atoms in total. The summed E-state index contributed by atoms with van der Waals surface area (Å²) in [5.41, 5.74) is 2.64. The minimum atomic E-state index is -0.0915. The first-order valence-electron chi connectivity index (χ1n) is 6.61. The summed E-state index contributed by atoms with van der Waals surface area (Å²) < 4.78 is 10.9. The second-order valence-electron chi connectivity index (χ2n) is 5.43. The molecule has 2 rings (SSSR count). The van der Waals surface area contributed by atoms with E-state index < -0.39 is 0 Å². The highest BCUT2D eigenvalue weighted by molar-refractivity contribution is 5.39. The Morgan fingerprint density at radius 3 is 3.00 bits per heavy atom. The van der Waals surface area contributed by atoms with Gasteiger partial charge in [-0.2, -0.15) is 0 Å². The van der Waals surface area contributed by atoms with E-state index in [1.165, 1.54) is 11.1 Å². The van der Waals surface area contributed by atoms with E-state index in [1.54, 1.807) is 7.11 Å². The molecular formula is C15H23NO2. The number of hydrogen-bond acceptors (Lipinski definition) is 3. The minimum absolute atomic E-state index is 0.0915. The summed E-state index contributed by atoms with van der Waals surface area (Å²) in [4.78, 5) is 0. The average molecular weight is 249 g/mol. The number of nitrogens with one attached hydrogen (secondary N) is 1. The molecule has 0 atom stereocenters. The van der Waals surface area contributed by atoms with Gasteiger partial charge in [0.15, 0.2) is 0 Å². The normalized spacial score (nSPS) is 14.4. The van der Waals surface area contributed by atoms with Gasteiger partial charge in [0, 0.05) is 20.1 Å². The minimum Gasteiger partial charge on any atom is -0.493 e. The van der Waals surface area contributed by atoms with Crippen molar-refractivity contribution in [3.8, 4) is 5.75 Å². The number of rotatable bonds is 6. The van der Waals surface area contributed by atoms with Crippen LogP contribution in [0.25, 0.3) is 0 Å². The van der Waals surface area contributed by atoms with Crippen LogP contribution in [0.1, 0.15) is 25.0 Å². The summed E-state index contributed by atoms with van der Waals surface area (Å²) in [6, 6.07) is 6.52. The van der Waals surface area contributed by atoms with Crippen molar-refractivity contribution in [1.82, 2.24) is 5.32 Å². The number of fused-ring (bicyclic) bond motifs is 1. The standard InChI is InChI=1S/C15H23NO2/c1-15(2,17-3)11-16-8-6-12-4-5-14-13(10-12)7-9-18-14/h4-5,10,16H,6-9,11H2,1-3H3. The van der Waals surface area contributed by atoms with Crippen LogP contribution in [-0.4, -0.2) is 32.4 Å². The molecule has 0 aliphatic carbocycles. The van der Waals surface area contributed by atoms with Crippen molar-refractivity contribution >= 4 is 0 Å². The quantitative estimate of drug-likeness (QED) is 0.784. The molecule has 1 aromatic rings. The molecule has 18 heavy (non-hydrogen) atoms. The van der Waals surface area contributed by atoms with Crippen molar-refractivity contribution in [3.63, 3.8) is 0 Å². The molecule has 1 heterocycles. The molecule has 0 amide bonds. The van der Waals surface area contributed by atoms with Gasteiger partial charge < -0.3 is 14.8 Å². The molecule has 0 radical (unpaired) electrons. The van der Waals surface area contributed by atoms with Crippen LogP contribution in [0, 0.1) is 0 Å². The Morgan fingerprint density at radius 2 is 2.22 bits per heavy atom. The maximum Gasteiger partial charge on any atom is 0.122 e. The summed E-state index contributed by atoms with van der Waals surface area (Å²) >= 11 is 0. The fraction of sp³-hybridized carbons (Fsp3) is 0.600. The molecule has 1 aliphatic rings. The van der Waals surface area contributed by atoms with Crippen LogP contribution in [-0.2, 0) is 17.6 Å². The summed E-state index contributed by atoms with van der Waals surface area (Å²) in [5.74, 6) is 1.06. The second kappa shape index (κ2) is 5.72. The van der Waals surface area contributed by atoms with Gasteiger partial charge in [0.2, 0.25) is 0 Å². The van der Waals surface area contributed by atoms with Gasteiger partial charge in [-0.05, 0) is 44.0 Å². The molecule has 1 aliphatic heterocycles. The first-order chi connectivity index (χ1) is 8.61. The van der Waals surface area contributed by atoms with Crippen LogP contribution in [0.3, 0.4) is 0 Å². The van der Waals surface area contributed by atoms with Crippen molar-refractivity contribution in [2.24, 2.45) is 0 Å². The third-order valence-electron chi connectivity index (χ3n) is 3.45. The van der Waals surface area contributed by atoms with Crippen molar-refractivity contribution in [1.29, 1.82) is 0 Å². The van der Waals surface area contributed by atoms with Crippen molar-refractivity contribution in [2.75, 3.05) is 26.8 Å². The Hall–Kier alpha value is -1.06. The van der Waals surface area contributed by atoms with E-state index in [-0.39, 0.29) is 5.60 Å². The van der Waals surface area contributed by atoms with E-state index >= 15 is 0 Å². The molecule has 1 aromatic carbocycles. The second-order valence-corrected chi connectivity index (χ2v) is 5.43. The van der Waals surface area contributed by atoms with Gasteiger partial charge in [-0.3, -0.25) is 0 Å². The molecule has 0 spiro atoms.